The summed E-state index contributed by atoms with van der Waals surface area (Å²) in [6.07, 6.45) is -9.64. The molecule has 11 nitrogen and oxygen atoms in total. The van der Waals surface area contributed by atoms with Crippen LogP contribution in [-0.2, 0) is 17.9 Å². The Balaban J connectivity index is 1.43. The van der Waals surface area contributed by atoms with Crippen molar-refractivity contribution in [2.45, 2.75) is 44.4 Å². The first-order chi connectivity index (χ1) is 19.7. The third kappa shape index (κ3) is 5.61. The van der Waals surface area contributed by atoms with Crippen LogP contribution in [-0.4, -0.2) is 63.6 Å². The zero-order valence-electron chi connectivity index (χ0n) is 21.1. The molecule has 222 valence electrons. The summed E-state index contributed by atoms with van der Waals surface area (Å²) in [5, 5.41) is 20.5. The molecule has 0 bridgehead atoms. The highest BCUT2D eigenvalue weighted by Crippen LogP contribution is 2.58. The van der Waals surface area contributed by atoms with Crippen LogP contribution in [0, 0.1) is 5.41 Å². The van der Waals surface area contributed by atoms with E-state index in [1.54, 1.807) is 0 Å². The molecule has 3 heterocycles. The summed E-state index contributed by atoms with van der Waals surface area (Å²) in [6.45, 7) is -1.57. The summed E-state index contributed by atoms with van der Waals surface area (Å²) in [4.78, 5) is 33.5. The SMILES string of the molecule is O=C(Nc1ccncc1-n1cnc(Cn2nc(-c3ccc(Cl)cc3)n(C[C@H](O)C(F)(F)F)c2=O)n1)C1(C(F)(F)F)CC1. The average molecular weight is 617 g/mol. The number of amides is 1. The van der Waals surface area contributed by atoms with Gasteiger partial charge in [-0.25, -0.2) is 19.1 Å². The maximum atomic E-state index is 13.4. The highest BCUT2D eigenvalue weighted by Gasteiger charge is 2.68. The smallest absolute Gasteiger partial charge is 0.382 e. The number of rotatable bonds is 8. The molecule has 1 aliphatic carbocycles. The van der Waals surface area contributed by atoms with Crippen LogP contribution in [0.2, 0.25) is 5.02 Å². The molecule has 0 unspecified atom stereocenters. The number of nitrogens with one attached hydrogen (secondary N) is 1. The first-order valence-electron chi connectivity index (χ1n) is 12.1. The zero-order chi connectivity index (χ0) is 30.4. The number of hydrogen-bond acceptors (Lipinski definition) is 7. The standard InChI is InChI=1S/C24H19ClF6N8O3/c25-14-3-1-13(2-4-14)19-36-38(21(42)37(19)10-17(40)23(26,27)28)11-18-33-12-39(35-18)16-9-32-8-5-15(16)34-20(41)22(6-7-22)24(29,30)31/h1-5,8-9,12,17,40H,6-7,10-11H2,(H,32,34,41)/t17-/m0/s1. The molecule has 0 radical (unpaired) electrons. The molecule has 0 spiro atoms. The van der Waals surface area contributed by atoms with Crippen LogP contribution in [0.5, 0.6) is 0 Å². The zero-order valence-corrected chi connectivity index (χ0v) is 21.8. The Kier molecular flexibility index (Phi) is 7.34. The van der Waals surface area contributed by atoms with Crippen LogP contribution in [0.1, 0.15) is 18.7 Å². The number of anilines is 1. The summed E-state index contributed by atoms with van der Waals surface area (Å²) in [7, 11) is 0. The van der Waals surface area contributed by atoms with Crippen molar-refractivity contribution in [3.63, 3.8) is 0 Å². The summed E-state index contributed by atoms with van der Waals surface area (Å²) >= 11 is 5.88. The second-order valence-corrected chi connectivity index (χ2v) is 9.91. The van der Waals surface area contributed by atoms with E-state index in [2.05, 4.69) is 25.5 Å². The van der Waals surface area contributed by atoms with Gasteiger partial charge in [-0.3, -0.25) is 14.3 Å². The molecule has 2 N–H and O–H groups in total. The van der Waals surface area contributed by atoms with Crippen molar-refractivity contribution in [2.24, 2.45) is 5.41 Å². The van der Waals surface area contributed by atoms with Gasteiger partial charge in [0.1, 0.15) is 24.0 Å². The molecule has 1 aromatic carbocycles. The predicted octanol–water partition coefficient (Wildman–Crippen LogP) is 3.59. The number of hydrogen-bond donors (Lipinski definition) is 2. The van der Waals surface area contributed by atoms with Gasteiger partial charge in [0.25, 0.3) is 0 Å². The molecule has 3 aromatic heterocycles. The first kappa shape index (κ1) is 29.2. The Bertz CT molecular complexity index is 1670. The molecular formula is C24H19ClF6N8O3. The largest absolute Gasteiger partial charge is 0.416 e. The number of carbonyl (C=O) groups is 1. The number of aliphatic hydroxyl groups excluding tert-OH is 1. The van der Waals surface area contributed by atoms with Crippen LogP contribution in [0.3, 0.4) is 0 Å². The van der Waals surface area contributed by atoms with E-state index in [0.717, 1.165) is 15.7 Å². The third-order valence-corrected chi connectivity index (χ3v) is 6.86. The quantitative estimate of drug-likeness (QED) is 0.289. The van der Waals surface area contributed by atoms with Gasteiger partial charge in [-0.15, -0.1) is 10.2 Å². The predicted molar refractivity (Wildman–Crippen MR) is 134 cm³/mol. The number of aromatic nitrogens is 7. The lowest BCUT2D eigenvalue weighted by atomic mass is 10.1. The Morgan fingerprint density at radius 3 is 2.40 bits per heavy atom. The van der Waals surface area contributed by atoms with Crippen LogP contribution in [0.4, 0.5) is 32.0 Å². The Morgan fingerprint density at radius 1 is 1.10 bits per heavy atom. The molecule has 0 saturated heterocycles. The minimum atomic E-state index is -5.00. The van der Waals surface area contributed by atoms with E-state index in [1.807, 2.05) is 0 Å². The van der Waals surface area contributed by atoms with Gasteiger partial charge in [-0.2, -0.15) is 26.3 Å². The van der Waals surface area contributed by atoms with Gasteiger partial charge in [0, 0.05) is 16.8 Å². The molecule has 18 heteroatoms. The number of carbonyl (C=O) groups excluding carboxylic acids is 1. The van der Waals surface area contributed by atoms with Crippen molar-refractivity contribution in [1.29, 1.82) is 0 Å². The molecule has 1 aliphatic rings. The van der Waals surface area contributed by atoms with Crippen LogP contribution >= 0.6 is 11.6 Å². The van der Waals surface area contributed by atoms with Gasteiger partial charge in [0.15, 0.2) is 17.8 Å². The number of pyridine rings is 1. The Hall–Kier alpha value is -4.25. The molecular weight excluding hydrogens is 598 g/mol. The molecule has 5 rings (SSSR count). The monoisotopic (exact) mass is 616 g/mol. The molecule has 0 aliphatic heterocycles. The summed E-state index contributed by atoms with van der Waals surface area (Å²) in [6, 6.07) is 7.02. The van der Waals surface area contributed by atoms with Crippen molar-refractivity contribution in [2.75, 3.05) is 5.32 Å². The minimum absolute atomic E-state index is 0.0328. The second-order valence-electron chi connectivity index (χ2n) is 9.47. The van der Waals surface area contributed by atoms with E-state index in [9.17, 15) is 41.0 Å². The van der Waals surface area contributed by atoms with E-state index in [4.69, 9.17) is 11.6 Å². The van der Waals surface area contributed by atoms with Gasteiger partial charge < -0.3 is 10.4 Å². The molecule has 42 heavy (non-hydrogen) atoms. The van der Waals surface area contributed by atoms with Gasteiger partial charge >= 0.3 is 18.0 Å². The lowest BCUT2D eigenvalue weighted by molar-refractivity contribution is -0.207. The fourth-order valence-electron chi connectivity index (χ4n) is 4.10. The lowest BCUT2D eigenvalue weighted by Crippen LogP contribution is -2.37. The topological polar surface area (TPSA) is 133 Å². The first-order valence-corrected chi connectivity index (χ1v) is 12.5. The minimum Gasteiger partial charge on any atom is -0.382 e. The highest BCUT2D eigenvalue weighted by atomic mass is 35.5. The van der Waals surface area contributed by atoms with Crippen molar-refractivity contribution in [1.82, 2.24) is 34.1 Å². The van der Waals surface area contributed by atoms with E-state index >= 15 is 0 Å². The maximum absolute atomic E-state index is 13.4. The average Bonchev–Trinajstić information content (AvgIpc) is 3.55. The van der Waals surface area contributed by atoms with E-state index in [-0.39, 0.29) is 41.4 Å². The van der Waals surface area contributed by atoms with Gasteiger partial charge in [0.2, 0.25) is 5.91 Å². The van der Waals surface area contributed by atoms with Gasteiger partial charge in [-0.1, -0.05) is 11.6 Å². The van der Waals surface area contributed by atoms with Crippen molar-refractivity contribution in [3.8, 4) is 17.1 Å². The number of halogens is 7. The number of benzene rings is 1. The van der Waals surface area contributed by atoms with E-state index < -0.39 is 48.6 Å². The second kappa shape index (κ2) is 10.5. The maximum Gasteiger partial charge on any atom is 0.416 e. The molecule has 1 fully saturated rings. The van der Waals surface area contributed by atoms with Crippen molar-refractivity contribution in [3.05, 3.63) is 70.4 Å². The highest BCUT2D eigenvalue weighted by molar-refractivity contribution is 6.30. The van der Waals surface area contributed by atoms with Crippen molar-refractivity contribution >= 4 is 23.2 Å². The summed E-state index contributed by atoms with van der Waals surface area (Å²) in [5.74, 6) is -1.47. The number of aliphatic hydroxyl groups is 1. The van der Waals surface area contributed by atoms with Crippen LogP contribution < -0.4 is 11.0 Å². The Morgan fingerprint density at radius 2 is 1.79 bits per heavy atom. The molecule has 1 amide bonds. The summed E-state index contributed by atoms with van der Waals surface area (Å²) in [5.41, 5.74) is -3.20. The molecule has 1 atom stereocenters. The Labute approximate surface area is 236 Å². The van der Waals surface area contributed by atoms with Gasteiger partial charge in [0.05, 0.1) is 18.4 Å². The number of alkyl halides is 6. The van der Waals surface area contributed by atoms with E-state index in [0.29, 0.717) is 9.59 Å². The molecule has 1 saturated carbocycles. The van der Waals surface area contributed by atoms with Gasteiger partial charge in [-0.05, 0) is 43.2 Å². The van der Waals surface area contributed by atoms with Crippen LogP contribution in [0.25, 0.3) is 17.1 Å². The fraction of sp³-hybridized carbons (Fsp3) is 0.333. The normalized spacial score (nSPS) is 15.4. The van der Waals surface area contributed by atoms with E-state index in [1.165, 1.54) is 42.7 Å². The summed E-state index contributed by atoms with van der Waals surface area (Å²) < 4.78 is 82.0. The number of nitrogens with zero attached hydrogens (tertiary/aromatic N) is 7. The lowest BCUT2D eigenvalue weighted by Gasteiger charge is -2.19. The van der Waals surface area contributed by atoms with Crippen LogP contribution in [0.15, 0.2) is 53.8 Å². The van der Waals surface area contributed by atoms with Crippen molar-refractivity contribution < 1.29 is 36.2 Å². The third-order valence-electron chi connectivity index (χ3n) is 6.61. The fourth-order valence-corrected chi connectivity index (χ4v) is 4.22. The molecule has 4 aromatic rings.